The molecule has 1 aromatic rings. The molecule has 0 spiro atoms. The van der Waals surface area contributed by atoms with Crippen LogP contribution in [-0.4, -0.2) is 37.2 Å². The molecule has 4 nitrogen and oxygen atoms in total. The van der Waals surface area contributed by atoms with Gasteiger partial charge in [-0.2, -0.15) is 0 Å². The molecule has 1 aromatic carbocycles. The molecule has 1 N–H and O–H groups in total. The van der Waals surface area contributed by atoms with E-state index in [0.29, 0.717) is 19.7 Å². The van der Waals surface area contributed by atoms with Crippen molar-refractivity contribution in [1.29, 1.82) is 0 Å². The Labute approximate surface area is 113 Å². The summed E-state index contributed by atoms with van der Waals surface area (Å²) in [5.41, 5.74) is 0.774. The van der Waals surface area contributed by atoms with Gasteiger partial charge in [-0.15, -0.1) is 0 Å². The molecule has 0 aliphatic rings. The Morgan fingerprint density at radius 1 is 1.53 bits per heavy atom. The normalized spacial score (nSPS) is 12.0. The van der Waals surface area contributed by atoms with Gasteiger partial charge in [0.25, 0.3) is 0 Å². The van der Waals surface area contributed by atoms with Gasteiger partial charge >= 0.3 is 6.03 Å². The number of hydrogen-bond donors (Lipinski definition) is 1. The zero-order chi connectivity index (χ0) is 14.3. The average Bonchev–Trinajstić information content (AvgIpc) is 2.36. The van der Waals surface area contributed by atoms with Gasteiger partial charge in [0, 0.05) is 20.2 Å². The van der Waals surface area contributed by atoms with Crippen molar-refractivity contribution in [2.75, 3.05) is 20.3 Å². The summed E-state index contributed by atoms with van der Waals surface area (Å²) < 4.78 is 18.1. The molecule has 0 fully saturated rings. The smallest absolute Gasteiger partial charge is 0.317 e. The number of nitrogens with one attached hydrogen (secondary N) is 1. The van der Waals surface area contributed by atoms with Crippen molar-refractivity contribution in [2.45, 2.75) is 26.4 Å². The van der Waals surface area contributed by atoms with Crippen LogP contribution in [0.2, 0.25) is 0 Å². The second-order valence-corrected chi connectivity index (χ2v) is 4.45. The van der Waals surface area contributed by atoms with Crippen molar-refractivity contribution in [2.24, 2.45) is 0 Å². The fourth-order valence-corrected chi connectivity index (χ4v) is 1.78. The van der Waals surface area contributed by atoms with Crippen molar-refractivity contribution in [3.63, 3.8) is 0 Å². The number of amides is 2. The average molecular weight is 268 g/mol. The lowest BCUT2D eigenvalue weighted by Gasteiger charge is -2.24. The summed E-state index contributed by atoms with van der Waals surface area (Å²) in [5, 5.41) is 2.83. The van der Waals surface area contributed by atoms with Crippen molar-refractivity contribution >= 4 is 6.03 Å². The SMILES string of the molecule is CCN(Cc1cccc(F)c1)C(=O)NC(C)COC. The van der Waals surface area contributed by atoms with Crippen LogP contribution in [0, 0.1) is 5.82 Å². The first-order chi connectivity index (χ1) is 9.06. The summed E-state index contributed by atoms with van der Waals surface area (Å²) >= 11 is 0. The van der Waals surface area contributed by atoms with E-state index in [1.165, 1.54) is 12.1 Å². The molecule has 1 unspecified atom stereocenters. The molecule has 106 valence electrons. The van der Waals surface area contributed by atoms with E-state index >= 15 is 0 Å². The van der Waals surface area contributed by atoms with E-state index in [4.69, 9.17) is 4.74 Å². The van der Waals surface area contributed by atoms with Crippen molar-refractivity contribution < 1.29 is 13.9 Å². The minimum absolute atomic E-state index is 0.0564. The van der Waals surface area contributed by atoms with Crippen molar-refractivity contribution in [3.05, 3.63) is 35.6 Å². The summed E-state index contributed by atoms with van der Waals surface area (Å²) in [6.45, 7) is 5.17. The minimum atomic E-state index is -0.290. The van der Waals surface area contributed by atoms with Crippen molar-refractivity contribution in [3.8, 4) is 0 Å². The van der Waals surface area contributed by atoms with Crippen molar-refractivity contribution in [1.82, 2.24) is 10.2 Å². The summed E-state index contributed by atoms with van der Waals surface area (Å²) in [6.07, 6.45) is 0. The van der Waals surface area contributed by atoms with E-state index in [0.717, 1.165) is 5.56 Å². The van der Waals surface area contributed by atoms with Crippen LogP contribution in [-0.2, 0) is 11.3 Å². The van der Waals surface area contributed by atoms with Crippen LogP contribution < -0.4 is 5.32 Å². The van der Waals surface area contributed by atoms with E-state index in [1.807, 2.05) is 13.8 Å². The van der Waals surface area contributed by atoms with Gasteiger partial charge in [0.15, 0.2) is 0 Å². The number of benzene rings is 1. The molecule has 1 rings (SSSR count). The van der Waals surface area contributed by atoms with Crippen LogP contribution in [0.5, 0.6) is 0 Å². The summed E-state index contributed by atoms with van der Waals surface area (Å²) in [5.74, 6) is -0.290. The standard InChI is InChI=1S/C14H21FN2O2/c1-4-17(14(18)16-11(2)10-19-3)9-12-6-5-7-13(15)8-12/h5-8,11H,4,9-10H2,1-3H3,(H,16,18). The molecule has 0 aliphatic carbocycles. The highest BCUT2D eigenvalue weighted by molar-refractivity contribution is 5.74. The number of halogens is 1. The Balaban J connectivity index is 2.60. The molecule has 2 amide bonds. The molecular weight excluding hydrogens is 247 g/mol. The first kappa shape index (κ1) is 15.4. The molecule has 0 heterocycles. The second kappa shape index (κ2) is 7.74. The Kier molecular flexibility index (Phi) is 6.29. The van der Waals surface area contributed by atoms with Crippen LogP contribution in [0.15, 0.2) is 24.3 Å². The molecule has 0 bridgehead atoms. The lowest BCUT2D eigenvalue weighted by Crippen LogP contribution is -2.44. The van der Waals surface area contributed by atoms with Crippen LogP contribution >= 0.6 is 0 Å². The van der Waals surface area contributed by atoms with Gasteiger partial charge in [0.05, 0.1) is 12.6 Å². The molecular formula is C14H21FN2O2. The monoisotopic (exact) mass is 268 g/mol. The number of hydrogen-bond acceptors (Lipinski definition) is 2. The molecule has 19 heavy (non-hydrogen) atoms. The number of methoxy groups -OCH3 is 1. The van der Waals surface area contributed by atoms with Gasteiger partial charge in [0.1, 0.15) is 5.82 Å². The molecule has 5 heteroatoms. The predicted octanol–water partition coefficient (Wildman–Crippen LogP) is 2.39. The molecule has 1 atom stereocenters. The maximum Gasteiger partial charge on any atom is 0.317 e. The van der Waals surface area contributed by atoms with E-state index in [1.54, 1.807) is 24.1 Å². The minimum Gasteiger partial charge on any atom is -0.383 e. The maximum absolute atomic E-state index is 13.1. The maximum atomic E-state index is 13.1. The highest BCUT2D eigenvalue weighted by Gasteiger charge is 2.14. The van der Waals surface area contributed by atoms with Gasteiger partial charge in [-0.25, -0.2) is 9.18 Å². The van der Waals surface area contributed by atoms with Gasteiger partial charge in [0.2, 0.25) is 0 Å². The number of carbonyl (C=O) groups is 1. The number of carbonyl (C=O) groups excluding carboxylic acids is 1. The number of urea groups is 1. The molecule has 0 saturated heterocycles. The first-order valence-corrected chi connectivity index (χ1v) is 6.35. The zero-order valence-corrected chi connectivity index (χ0v) is 11.6. The Morgan fingerprint density at radius 3 is 2.84 bits per heavy atom. The lowest BCUT2D eigenvalue weighted by molar-refractivity contribution is 0.159. The number of rotatable bonds is 6. The zero-order valence-electron chi connectivity index (χ0n) is 11.6. The summed E-state index contributed by atoms with van der Waals surface area (Å²) in [4.78, 5) is 13.6. The summed E-state index contributed by atoms with van der Waals surface area (Å²) in [7, 11) is 1.59. The molecule has 0 aromatic heterocycles. The fourth-order valence-electron chi connectivity index (χ4n) is 1.78. The summed E-state index contributed by atoms with van der Waals surface area (Å²) in [6, 6.07) is 6.05. The third-order valence-corrected chi connectivity index (χ3v) is 2.72. The first-order valence-electron chi connectivity index (χ1n) is 6.35. The van der Waals surface area contributed by atoms with Crippen LogP contribution in [0.1, 0.15) is 19.4 Å². The van der Waals surface area contributed by atoms with Gasteiger partial charge in [-0.1, -0.05) is 12.1 Å². The lowest BCUT2D eigenvalue weighted by atomic mass is 10.2. The van der Waals surface area contributed by atoms with E-state index < -0.39 is 0 Å². The number of nitrogens with zero attached hydrogens (tertiary/aromatic N) is 1. The van der Waals surface area contributed by atoms with E-state index in [9.17, 15) is 9.18 Å². The Hall–Kier alpha value is -1.62. The highest BCUT2D eigenvalue weighted by atomic mass is 19.1. The molecule has 0 saturated carbocycles. The number of ether oxygens (including phenoxy) is 1. The largest absolute Gasteiger partial charge is 0.383 e. The second-order valence-electron chi connectivity index (χ2n) is 4.45. The van der Waals surface area contributed by atoms with Gasteiger partial charge in [-0.05, 0) is 31.5 Å². The molecule has 0 radical (unpaired) electrons. The van der Waals surface area contributed by atoms with Gasteiger partial charge in [-0.3, -0.25) is 0 Å². The molecule has 0 aliphatic heterocycles. The highest BCUT2D eigenvalue weighted by Crippen LogP contribution is 2.07. The fraction of sp³-hybridized carbons (Fsp3) is 0.500. The third kappa shape index (κ3) is 5.26. The Morgan fingerprint density at radius 2 is 2.26 bits per heavy atom. The Bertz CT molecular complexity index is 412. The topological polar surface area (TPSA) is 41.6 Å². The van der Waals surface area contributed by atoms with Crippen LogP contribution in [0.4, 0.5) is 9.18 Å². The predicted molar refractivity (Wildman–Crippen MR) is 72.4 cm³/mol. The van der Waals surface area contributed by atoms with E-state index in [-0.39, 0.29) is 17.9 Å². The van der Waals surface area contributed by atoms with E-state index in [2.05, 4.69) is 5.32 Å². The third-order valence-electron chi connectivity index (χ3n) is 2.72. The van der Waals surface area contributed by atoms with Gasteiger partial charge < -0.3 is 15.0 Å². The van der Waals surface area contributed by atoms with Crippen LogP contribution in [0.3, 0.4) is 0 Å². The quantitative estimate of drug-likeness (QED) is 0.860. The van der Waals surface area contributed by atoms with Crippen LogP contribution in [0.25, 0.3) is 0 Å².